The number of rotatable bonds is 3. The molecule has 1 amide bonds. The van der Waals surface area contributed by atoms with Crippen LogP contribution in [0.2, 0.25) is 0 Å². The number of nitrogens with zero attached hydrogens (tertiary/aromatic N) is 2. The quantitative estimate of drug-likeness (QED) is 0.923. The van der Waals surface area contributed by atoms with Gasteiger partial charge in [0.2, 0.25) is 5.91 Å². The number of aliphatic imine (C=N–C) groups is 1. The van der Waals surface area contributed by atoms with Crippen molar-refractivity contribution in [2.24, 2.45) is 4.99 Å². The second kappa shape index (κ2) is 6.28. The molecule has 0 unspecified atom stereocenters. The predicted octanol–water partition coefficient (Wildman–Crippen LogP) is 1.86. The van der Waals surface area contributed by atoms with E-state index in [1.54, 1.807) is 0 Å². The molecule has 1 fully saturated rings. The smallest absolute Gasteiger partial charge is 0.238 e. The van der Waals surface area contributed by atoms with E-state index in [0.29, 0.717) is 13.2 Å². The van der Waals surface area contributed by atoms with Crippen molar-refractivity contribution >= 4 is 35.4 Å². The summed E-state index contributed by atoms with van der Waals surface area (Å²) in [5.41, 5.74) is 2.71. The highest BCUT2D eigenvalue weighted by Crippen LogP contribution is 2.26. The van der Waals surface area contributed by atoms with Gasteiger partial charge in [0.15, 0.2) is 6.40 Å². The van der Waals surface area contributed by atoms with E-state index in [1.807, 2.05) is 30.0 Å². The fourth-order valence-corrected chi connectivity index (χ4v) is 3.27. The van der Waals surface area contributed by atoms with Crippen molar-refractivity contribution in [3.63, 3.8) is 0 Å². The number of hydrogen-bond acceptors (Lipinski definition) is 5. The summed E-state index contributed by atoms with van der Waals surface area (Å²) in [4.78, 5) is 18.4. The summed E-state index contributed by atoms with van der Waals surface area (Å²) >= 11 is 1.94. The maximum absolute atomic E-state index is 12.0. The predicted molar refractivity (Wildman–Crippen MR) is 81.8 cm³/mol. The number of anilines is 1. The molecular weight excluding hydrogens is 274 g/mol. The SMILES string of the molecule is O=C(CN1CCSCC1)Nc1ccc2c(c1)COC=N2. The Kier molecular flexibility index (Phi) is 4.22. The molecular formula is C14H17N3O2S. The molecule has 0 bridgehead atoms. The molecule has 1 aromatic carbocycles. The van der Waals surface area contributed by atoms with Crippen LogP contribution in [0.25, 0.3) is 0 Å². The first-order valence-electron chi connectivity index (χ1n) is 6.68. The van der Waals surface area contributed by atoms with E-state index in [0.717, 1.165) is 41.5 Å². The Hall–Kier alpha value is -1.53. The zero-order valence-corrected chi connectivity index (χ0v) is 12.0. The van der Waals surface area contributed by atoms with Crippen LogP contribution in [0.4, 0.5) is 11.4 Å². The summed E-state index contributed by atoms with van der Waals surface area (Å²) < 4.78 is 5.16. The van der Waals surface area contributed by atoms with E-state index >= 15 is 0 Å². The molecule has 1 saturated heterocycles. The Bertz CT molecular complexity index is 527. The first-order valence-corrected chi connectivity index (χ1v) is 7.84. The van der Waals surface area contributed by atoms with E-state index in [4.69, 9.17) is 4.74 Å². The van der Waals surface area contributed by atoms with Gasteiger partial charge in [-0.3, -0.25) is 9.69 Å². The van der Waals surface area contributed by atoms with Gasteiger partial charge < -0.3 is 10.1 Å². The van der Waals surface area contributed by atoms with Crippen molar-refractivity contribution in [2.75, 3.05) is 36.5 Å². The minimum absolute atomic E-state index is 0.0390. The van der Waals surface area contributed by atoms with Crippen LogP contribution in [0, 0.1) is 0 Å². The standard InChI is InChI=1S/C14H17N3O2S/c18-14(8-17-3-5-20-6-4-17)16-12-1-2-13-11(7-12)9-19-10-15-13/h1-2,7,10H,3-6,8-9H2,(H,16,18). The molecule has 6 heteroatoms. The Morgan fingerprint density at radius 1 is 1.40 bits per heavy atom. The molecule has 1 N–H and O–H groups in total. The largest absolute Gasteiger partial charge is 0.478 e. The molecule has 0 spiro atoms. The Balaban J connectivity index is 1.59. The highest BCUT2D eigenvalue weighted by Gasteiger charge is 2.15. The second-order valence-electron chi connectivity index (χ2n) is 4.83. The van der Waals surface area contributed by atoms with E-state index in [2.05, 4.69) is 15.2 Å². The van der Waals surface area contributed by atoms with Crippen LogP contribution in [0.3, 0.4) is 0 Å². The highest BCUT2D eigenvalue weighted by molar-refractivity contribution is 7.99. The number of thioether (sulfide) groups is 1. The van der Waals surface area contributed by atoms with Crippen molar-refractivity contribution < 1.29 is 9.53 Å². The third-order valence-electron chi connectivity index (χ3n) is 3.34. The van der Waals surface area contributed by atoms with Crippen LogP contribution in [0.15, 0.2) is 23.2 Å². The van der Waals surface area contributed by atoms with Crippen LogP contribution in [0.1, 0.15) is 5.56 Å². The Morgan fingerprint density at radius 2 is 2.25 bits per heavy atom. The number of carbonyl (C=O) groups is 1. The minimum atomic E-state index is 0.0390. The number of fused-ring (bicyclic) bond motifs is 1. The highest BCUT2D eigenvalue weighted by atomic mass is 32.2. The first kappa shape index (κ1) is 13.5. The van der Waals surface area contributed by atoms with Crippen LogP contribution >= 0.6 is 11.8 Å². The molecule has 0 radical (unpaired) electrons. The van der Waals surface area contributed by atoms with E-state index in [-0.39, 0.29) is 5.91 Å². The molecule has 0 saturated carbocycles. The molecule has 5 nitrogen and oxygen atoms in total. The lowest BCUT2D eigenvalue weighted by Gasteiger charge is -2.25. The number of ether oxygens (including phenoxy) is 1. The number of carbonyl (C=O) groups excluding carboxylic acids is 1. The van der Waals surface area contributed by atoms with Gasteiger partial charge in [0.25, 0.3) is 0 Å². The van der Waals surface area contributed by atoms with Crippen molar-refractivity contribution in [2.45, 2.75) is 6.61 Å². The Labute approximate surface area is 122 Å². The summed E-state index contributed by atoms with van der Waals surface area (Å²) in [6.07, 6.45) is 1.45. The third-order valence-corrected chi connectivity index (χ3v) is 4.28. The summed E-state index contributed by atoms with van der Waals surface area (Å²) in [6.45, 7) is 2.95. The van der Waals surface area contributed by atoms with Crippen molar-refractivity contribution in [3.8, 4) is 0 Å². The zero-order valence-electron chi connectivity index (χ0n) is 11.2. The zero-order chi connectivity index (χ0) is 13.8. The molecule has 2 heterocycles. The van der Waals surface area contributed by atoms with E-state index in [9.17, 15) is 4.79 Å². The molecule has 1 aromatic rings. The van der Waals surface area contributed by atoms with Gasteiger partial charge in [0.1, 0.15) is 6.61 Å². The fraction of sp³-hybridized carbons (Fsp3) is 0.429. The van der Waals surface area contributed by atoms with Crippen LogP contribution in [0.5, 0.6) is 0 Å². The fourth-order valence-electron chi connectivity index (χ4n) is 2.29. The minimum Gasteiger partial charge on any atom is -0.478 e. The summed E-state index contributed by atoms with van der Waals surface area (Å²) in [7, 11) is 0. The second-order valence-corrected chi connectivity index (χ2v) is 6.05. The summed E-state index contributed by atoms with van der Waals surface area (Å²) in [5, 5.41) is 2.94. The van der Waals surface area contributed by atoms with Gasteiger partial charge in [0.05, 0.1) is 12.2 Å². The van der Waals surface area contributed by atoms with Gasteiger partial charge in [-0.1, -0.05) is 0 Å². The van der Waals surface area contributed by atoms with Gasteiger partial charge in [-0.15, -0.1) is 0 Å². The molecule has 2 aliphatic heterocycles. The number of amides is 1. The van der Waals surface area contributed by atoms with E-state index in [1.165, 1.54) is 6.40 Å². The lowest BCUT2D eigenvalue weighted by Crippen LogP contribution is -2.38. The molecule has 2 aliphatic rings. The lowest BCUT2D eigenvalue weighted by atomic mass is 10.1. The van der Waals surface area contributed by atoms with Gasteiger partial charge in [-0.05, 0) is 18.2 Å². The third kappa shape index (κ3) is 3.32. The average Bonchev–Trinajstić information content (AvgIpc) is 2.48. The Morgan fingerprint density at radius 3 is 3.10 bits per heavy atom. The van der Waals surface area contributed by atoms with Crippen molar-refractivity contribution in [1.29, 1.82) is 0 Å². The van der Waals surface area contributed by atoms with Gasteiger partial charge in [-0.2, -0.15) is 11.8 Å². The van der Waals surface area contributed by atoms with Crippen LogP contribution in [-0.2, 0) is 16.1 Å². The van der Waals surface area contributed by atoms with Crippen molar-refractivity contribution in [1.82, 2.24) is 4.90 Å². The van der Waals surface area contributed by atoms with Gasteiger partial charge >= 0.3 is 0 Å². The summed E-state index contributed by atoms with van der Waals surface area (Å²) in [5.74, 6) is 2.26. The normalized spacial score (nSPS) is 18.2. The monoisotopic (exact) mass is 291 g/mol. The molecule has 0 atom stereocenters. The number of hydrogen-bond donors (Lipinski definition) is 1. The molecule has 0 aromatic heterocycles. The number of benzene rings is 1. The maximum Gasteiger partial charge on any atom is 0.238 e. The molecule has 106 valence electrons. The topological polar surface area (TPSA) is 53.9 Å². The summed E-state index contributed by atoms with van der Waals surface area (Å²) in [6, 6.07) is 5.71. The van der Waals surface area contributed by atoms with Crippen LogP contribution < -0.4 is 5.32 Å². The van der Waals surface area contributed by atoms with Crippen molar-refractivity contribution in [3.05, 3.63) is 23.8 Å². The molecule has 0 aliphatic carbocycles. The van der Waals surface area contributed by atoms with Gasteiger partial charge in [0, 0.05) is 35.8 Å². The molecule has 3 rings (SSSR count). The van der Waals surface area contributed by atoms with E-state index < -0.39 is 0 Å². The average molecular weight is 291 g/mol. The first-order chi connectivity index (χ1) is 9.81. The number of nitrogens with one attached hydrogen (secondary N) is 1. The van der Waals surface area contributed by atoms with Gasteiger partial charge in [-0.25, -0.2) is 4.99 Å². The lowest BCUT2D eigenvalue weighted by molar-refractivity contribution is -0.117. The maximum atomic E-state index is 12.0. The van der Waals surface area contributed by atoms with Crippen LogP contribution in [-0.4, -0.2) is 48.3 Å². The molecule has 20 heavy (non-hydrogen) atoms.